The monoisotopic (exact) mass is 440 g/mol. The standard InChI is InChI=1S/C20H25ClN2O5S/c1-13-6-7-15(21)10-18(13)23(29(5,25)26)12-20(24)22-14(2)17-11-16(27-3)8-9-19(17)28-4/h6-11,14H,12H2,1-5H3,(H,22,24)/t14-/m0/s1. The van der Waals surface area contributed by atoms with Crippen molar-refractivity contribution in [2.75, 3.05) is 31.3 Å². The SMILES string of the molecule is COc1ccc(OC)c([C@H](C)NC(=O)CN(c2cc(Cl)ccc2C)S(C)(=O)=O)c1. The topological polar surface area (TPSA) is 84.9 Å². The molecule has 0 radical (unpaired) electrons. The highest BCUT2D eigenvalue weighted by Crippen LogP contribution is 2.30. The molecule has 0 heterocycles. The summed E-state index contributed by atoms with van der Waals surface area (Å²) in [4.78, 5) is 12.7. The molecule has 0 unspecified atom stereocenters. The number of rotatable bonds is 8. The summed E-state index contributed by atoms with van der Waals surface area (Å²) in [6.07, 6.45) is 1.05. The van der Waals surface area contributed by atoms with Gasteiger partial charge in [-0.3, -0.25) is 9.10 Å². The van der Waals surface area contributed by atoms with Crippen LogP contribution in [0.2, 0.25) is 5.02 Å². The van der Waals surface area contributed by atoms with Crippen molar-refractivity contribution in [1.29, 1.82) is 0 Å². The number of hydrogen-bond donors (Lipinski definition) is 1. The number of hydrogen-bond acceptors (Lipinski definition) is 5. The molecule has 0 spiro atoms. The van der Waals surface area contributed by atoms with Crippen LogP contribution in [0.1, 0.15) is 24.1 Å². The molecule has 0 aliphatic rings. The fourth-order valence-corrected chi connectivity index (χ4v) is 3.98. The lowest BCUT2D eigenvalue weighted by molar-refractivity contribution is -0.120. The lowest BCUT2D eigenvalue weighted by Gasteiger charge is -2.25. The van der Waals surface area contributed by atoms with Crippen molar-refractivity contribution in [3.05, 3.63) is 52.5 Å². The van der Waals surface area contributed by atoms with Crippen molar-refractivity contribution >= 4 is 33.2 Å². The maximum absolute atomic E-state index is 12.7. The lowest BCUT2D eigenvalue weighted by atomic mass is 10.1. The van der Waals surface area contributed by atoms with Crippen LogP contribution < -0.4 is 19.1 Å². The third-order valence-electron chi connectivity index (χ3n) is 4.41. The molecule has 29 heavy (non-hydrogen) atoms. The highest BCUT2D eigenvalue weighted by atomic mass is 35.5. The van der Waals surface area contributed by atoms with Crippen molar-refractivity contribution < 1.29 is 22.7 Å². The van der Waals surface area contributed by atoms with Crippen LogP contribution in [0.5, 0.6) is 11.5 Å². The number of carbonyl (C=O) groups excluding carboxylic acids is 1. The summed E-state index contributed by atoms with van der Waals surface area (Å²) in [5, 5.41) is 3.20. The van der Waals surface area contributed by atoms with E-state index in [1.54, 1.807) is 51.3 Å². The van der Waals surface area contributed by atoms with E-state index in [1.807, 2.05) is 0 Å². The van der Waals surface area contributed by atoms with E-state index in [-0.39, 0.29) is 6.54 Å². The van der Waals surface area contributed by atoms with E-state index in [2.05, 4.69) is 5.32 Å². The number of methoxy groups -OCH3 is 2. The van der Waals surface area contributed by atoms with Gasteiger partial charge in [-0.2, -0.15) is 0 Å². The minimum atomic E-state index is -3.71. The van der Waals surface area contributed by atoms with Crippen LogP contribution >= 0.6 is 11.6 Å². The van der Waals surface area contributed by atoms with Crippen LogP contribution in [-0.4, -0.2) is 41.3 Å². The zero-order chi connectivity index (χ0) is 21.8. The molecule has 0 aromatic heterocycles. The first-order valence-electron chi connectivity index (χ1n) is 8.82. The van der Waals surface area contributed by atoms with Crippen molar-refractivity contribution in [2.45, 2.75) is 19.9 Å². The Labute approximate surface area is 176 Å². The van der Waals surface area contributed by atoms with Gasteiger partial charge in [0.2, 0.25) is 15.9 Å². The Morgan fingerprint density at radius 2 is 1.86 bits per heavy atom. The first-order valence-corrected chi connectivity index (χ1v) is 11.0. The molecule has 0 saturated heterocycles. The Hall–Kier alpha value is -2.45. The van der Waals surface area contributed by atoms with Crippen LogP contribution in [-0.2, 0) is 14.8 Å². The van der Waals surface area contributed by atoms with Crippen molar-refractivity contribution in [2.24, 2.45) is 0 Å². The summed E-state index contributed by atoms with van der Waals surface area (Å²) in [5.74, 6) is 0.741. The Balaban J connectivity index is 2.26. The maximum atomic E-state index is 12.7. The molecule has 158 valence electrons. The highest BCUT2D eigenvalue weighted by Gasteiger charge is 2.24. The number of aryl methyl sites for hydroxylation is 1. The Bertz CT molecular complexity index is 994. The van der Waals surface area contributed by atoms with E-state index in [9.17, 15) is 13.2 Å². The predicted octanol–water partition coefficient (Wildman–Crippen LogP) is 3.31. The van der Waals surface area contributed by atoms with Gasteiger partial charge in [-0.25, -0.2) is 8.42 Å². The number of halogens is 1. The highest BCUT2D eigenvalue weighted by molar-refractivity contribution is 7.92. The Kier molecular flexibility index (Phi) is 7.37. The number of amides is 1. The molecule has 0 aliphatic heterocycles. The first kappa shape index (κ1) is 22.8. The summed E-state index contributed by atoms with van der Waals surface area (Å²) in [6.45, 7) is 3.16. The number of benzene rings is 2. The fraction of sp³-hybridized carbons (Fsp3) is 0.350. The van der Waals surface area contributed by atoms with Crippen LogP contribution in [0.25, 0.3) is 0 Å². The van der Waals surface area contributed by atoms with E-state index in [0.717, 1.165) is 10.6 Å². The van der Waals surface area contributed by atoms with Crippen molar-refractivity contribution in [3.8, 4) is 11.5 Å². The number of anilines is 1. The number of ether oxygens (including phenoxy) is 2. The molecule has 2 rings (SSSR count). The zero-order valence-corrected chi connectivity index (χ0v) is 18.6. The van der Waals surface area contributed by atoms with Gasteiger partial charge in [-0.15, -0.1) is 0 Å². The van der Waals surface area contributed by atoms with Gasteiger partial charge in [-0.05, 0) is 49.7 Å². The van der Waals surface area contributed by atoms with Gasteiger partial charge in [0.15, 0.2) is 0 Å². The second-order valence-electron chi connectivity index (χ2n) is 6.60. The van der Waals surface area contributed by atoms with Gasteiger partial charge >= 0.3 is 0 Å². The summed E-state index contributed by atoms with van der Waals surface area (Å²) in [7, 11) is -0.624. The zero-order valence-electron chi connectivity index (χ0n) is 17.0. The Morgan fingerprint density at radius 3 is 2.45 bits per heavy atom. The molecular weight excluding hydrogens is 416 g/mol. The van der Waals surface area contributed by atoms with E-state index in [1.165, 1.54) is 13.2 Å². The van der Waals surface area contributed by atoms with E-state index >= 15 is 0 Å². The molecular formula is C20H25ClN2O5S. The molecule has 2 aromatic carbocycles. The van der Waals surface area contributed by atoms with Crippen molar-refractivity contribution in [3.63, 3.8) is 0 Å². The third kappa shape index (κ3) is 5.77. The largest absolute Gasteiger partial charge is 0.497 e. The van der Waals surface area contributed by atoms with Gasteiger partial charge < -0.3 is 14.8 Å². The predicted molar refractivity (Wildman–Crippen MR) is 114 cm³/mol. The van der Waals surface area contributed by atoms with Crippen LogP contribution in [0.15, 0.2) is 36.4 Å². The molecule has 1 atom stereocenters. The minimum absolute atomic E-state index is 0.363. The Morgan fingerprint density at radius 1 is 1.17 bits per heavy atom. The molecule has 7 nitrogen and oxygen atoms in total. The smallest absolute Gasteiger partial charge is 0.241 e. The third-order valence-corrected chi connectivity index (χ3v) is 5.77. The number of nitrogens with one attached hydrogen (secondary N) is 1. The van der Waals surface area contributed by atoms with Crippen molar-refractivity contribution in [1.82, 2.24) is 5.32 Å². The summed E-state index contributed by atoms with van der Waals surface area (Å²) < 4.78 is 36.3. The second kappa shape index (κ2) is 9.37. The van der Waals surface area contributed by atoms with Gasteiger partial charge in [0.05, 0.1) is 32.2 Å². The number of nitrogens with zero attached hydrogens (tertiary/aromatic N) is 1. The lowest BCUT2D eigenvalue weighted by Crippen LogP contribution is -2.41. The summed E-state index contributed by atoms with van der Waals surface area (Å²) in [5.41, 5.74) is 1.77. The number of sulfonamides is 1. The van der Waals surface area contributed by atoms with Crippen LogP contribution in [0, 0.1) is 6.92 Å². The molecule has 0 bridgehead atoms. The molecule has 1 amide bonds. The molecule has 2 aromatic rings. The average molecular weight is 441 g/mol. The molecule has 9 heteroatoms. The molecule has 0 aliphatic carbocycles. The van der Waals surface area contributed by atoms with Gasteiger partial charge in [-0.1, -0.05) is 17.7 Å². The maximum Gasteiger partial charge on any atom is 0.241 e. The average Bonchev–Trinajstić information content (AvgIpc) is 2.66. The molecule has 1 N–H and O–H groups in total. The van der Waals surface area contributed by atoms with Gasteiger partial charge in [0.25, 0.3) is 0 Å². The van der Waals surface area contributed by atoms with E-state index < -0.39 is 22.0 Å². The fourth-order valence-electron chi connectivity index (χ4n) is 2.91. The van der Waals surface area contributed by atoms with E-state index in [0.29, 0.717) is 33.3 Å². The second-order valence-corrected chi connectivity index (χ2v) is 8.94. The van der Waals surface area contributed by atoms with Gasteiger partial charge in [0.1, 0.15) is 18.0 Å². The normalized spacial score (nSPS) is 12.2. The minimum Gasteiger partial charge on any atom is -0.497 e. The molecule has 0 saturated carbocycles. The van der Waals surface area contributed by atoms with Crippen LogP contribution in [0.4, 0.5) is 5.69 Å². The summed E-state index contributed by atoms with van der Waals surface area (Å²) in [6, 6.07) is 9.72. The van der Waals surface area contributed by atoms with E-state index in [4.69, 9.17) is 21.1 Å². The summed E-state index contributed by atoms with van der Waals surface area (Å²) >= 11 is 6.03. The van der Waals surface area contributed by atoms with Gasteiger partial charge in [0, 0.05) is 10.6 Å². The number of carbonyl (C=O) groups is 1. The molecule has 0 fully saturated rings. The first-order chi connectivity index (χ1) is 13.6. The van der Waals surface area contributed by atoms with Crippen LogP contribution in [0.3, 0.4) is 0 Å². The quantitative estimate of drug-likeness (QED) is 0.680.